The van der Waals surface area contributed by atoms with Gasteiger partial charge in [0, 0.05) is 24.7 Å². The molecular weight excluding hydrogens is 420 g/mol. The summed E-state index contributed by atoms with van der Waals surface area (Å²) in [6.45, 7) is 1.17. The third kappa shape index (κ3) is 5.49. The number of rotatable bonds is 7. The van der Waals surface area contributed by atoms with Crippen LogP contribution in [0.3, 0.4) is 0 Å². The van der Waals surface area contributed by atoms with Crippen LogP contribution in [0.2, 0.25) is 0 Å². The average molecular weight is 442 g/mol. The van der Waals surface area contributed by atoms with Crippen molar-refractivity contribution >= 4 is 22.1 Å². The summed E-state index contributed by atoms with van der Waals surface area (Å²) < 4.78 is 43.0. The van der Waals surface area contributed by atoms with Gasteiger partial charge in [0.25, 0.3) is 0 Å². The van der Waals surface area contributed by atoms with E-state index >= 15 is 0 Å². The molecule has 9 heteroatoms. The van der Waals surface area contributed by atoms with Crippen molar-refractivity contribution in [3.63, 3.8) is 0 Å². The topological polar surface area (TPSA) is 106 Å². The summed E-state index contributed by atoms with van der Waals surface area (Å²) in [5.74, 6) is -0.388. The van der Waals surface area contributed by atoms with E-state index in [-0.39, 0.29) is 30.3 Å². The number of nitriles is 1. The maximum Gasteiger partial charge on any atom is 0.331 e. The highest BCUT2D eigenvalue weighted by molar-refractivity contribution is 7.89. The van der Waals surface area contributed by atoms with E-state index < -0.39 is 16.0 Å². The van der Waals surface area contributed by atoms with Crippen molar-refractivity contribution < 1.29 is 27.4 Å². The van der Waals surface area contributed by atoms with E-state index in [9.17, 15) is 13.2 Å². The second-order valence-electron chi connectivity index (χ2n) is 6.64. The van der Waals surface area contributed by atoms with Crippen molar-refractivity contribution in [1.82, 2.24) is 4.31 Å². The van der Waals surface area contributed by atoms with Crippen LogP contribution >= 0.6 is 0 Å². The predicted molar refractivity (Wildman–Crippen MR) is 113 cm³/mol. The Balaban J connectivity index is 1.74. The number of ether oxygens (including phenoxy) is 3. The molecule has 0 radical (unpaired) electrons. The van der Waals surface area contributed by atoms with Gasteiger partial charge >= 0.3 is 5.97 Å². The van der Waals surface area contributed by atoms with Crippen LogP contribution in [0, 0.1) is 11.3 Å². The molecule has 0 atom stereocenters. The quantitative estimate of drug-likeness (QED) is 0.479. The molecule has 0 aliphatic carbocycles. The number of morpholine rings is 1. The number of esters is 1. The number of carbonyl (C=O) groups excluding carboxylic acids is 1. The molecule has 162 valence electrons. The number of benzene rings is 2. The lowest BCUT2D eigenvalue weighted by molar-refractivity contribution is -0.138. The van der Waals surface area contributed by atoms with Crippen molar-refractivity contribution in [3.8, 4) is 11.8 Å². The molecule has 1 heterocycles. The fraction of sp³-hybridized carbons (Fsp3) is 0.273. The zero-order valence-corrected chi connectivity index (χ0v) is 17.8. The molecule has 0 amide bonds. The molecule has 0 aromatic heterocycles. The van der Waals surface area contributed by atoms with Crippen molar-refractivity contribution in [1.29, 1.82) is 5.26 Å². The number of sulfonamides is 1. The smallest absolute Gasteiger partial charge is 0.331 e. The molecule has 8 nitrogen and oxygen atoms in total. The van der Waals surface area contributed by atoms with Crippen LogP contribution < -0.4 is 4.74 Å². The first-order valence-electron chi connectivity index (χ1n) is 9.54. The van der Waals surface area contributed by atoms with Gasteiger partial charge < -0.3 is 14.2 Å². The van der Waals surface area contributed by atoms with E-state index in [1.807, 2.05) is 6.07 Å². The molecule has 0 N–H and O–H groups in total. The second-order valence-corrected chi connectivity index (χ2v) is 8.54. The van der Waals surface area contributed by atoms with Crippen LogP contribution in [-0.2, 0) is 30.9 Å². The second kappa shape index (κ2) is 10.2. The highest BCUT2D eigenvalue weighted by Gasteiger charge is 2.29. The summed E-state index contributed by atoms with van der Waals surface area (Å²) in [6.07, 6.45) is 2.68. The lowest BCUT2D eigenvalue weighted by Crippen LogP contribution is -2.40. The zero-order chi connectivity index (χ0) is 22.3. The number of nitrogens with zero attached hydrogens (tertiary/aromatic N) is 2. The van der Waals surface area contributed by atoms with E-state index in [1.54, 1.807) is 36.4 Å². The minimum absolute atomic E-state index is 0.0235. The molecule has 1 aliphatic heterocycles. The van der Waals surface area contributed by atoms with Crippen LogP contribution in [0.15, 0.2) is 53.4 Å². The maximum absolute atomic E-state index is 13.0. The number of hydrogen-bond acceptors (Lipinski definition) is 7. The summed E-state index contributed by atoms with van der Waals surface area (Å²) in [7, 11) is -2.37. The van der Waals surface area contributed by atoms with E-state index in [0.29, 0.717) is 29.9 Å². The minimum Gasteiger partial charge on any atom is -0.495 e. The standard InChI is InChI=1S/C22H22N2O6S/c1-28-20-8-6-17(14-21(20)31(26,27)24-10-12-29-13-11-24)7-9-22(25)30-16-19-5-3-2-4-18(19)15-23/h2-9,14H,10-13,16H2,1H3. The summed E-state index contributed by atoms with van der Waals surface area (Å²) >= 11 is 0. The van der Waals surface area contributed by atoms with E-state index in [4.69, 9.17) is 19.5 Å². The largest absolute Gasteiger partial charge is 0.495 e. The Morgan fingerprint density at radius 3 is 2.68 bits per heavy atom. The lowest BCUT2D eigenvalue weighted by atomic mass is 10.1. The zero-order valence-electron chi connectivity index (χ0n) is 17.0. The highest BCUT2D eigenvalue weighted by Crippen LogP contribution is 2.28. The van der Waals surface area contributed by atoms with E-state index in [2.05, 4.69) is 0 Å². The van der Waals surface area contributed by atoms with Gasteiger partial charge in [0.2, 0.25) is 10.0 Å². The van der Waals surface area contributed by atoms with Crippen molar-refractivity contribution in [3.05, 3.63) is 65.2 Å². The van der Waals surface area contributed by atoms with Gasteiger partial charge in [0.15, 0.2) is 0 Å². The fourth-order valence-corrected chi connectivity index (χ4v) is 4.64. The molecule has 2 aromatic carbocycles. The van der Waals surface area contributed by atoms with Crippen molar-refractivity contribution in [2.24, 2.45) is 0 Å². The van der Waals surface area contributed by atoms with Gasteiger partial charge in [0.05, 0.1) is 32.0 Å². The molecule has 0 bridgehead atoms. The summed E-state index contributed by atoms with van der Waals surface area (Å²) in [6, 6.07) is 13.5. The molecule has 1 aliphatic rings. The normalized spacial score (nSPS) is 14.8. The first kappa shape index (κ1) is 22.5. The van der Waals surface area contributed by atoms with Crippen LogP contribution in [-0.4, -0.2) is 52.1 Å². The van der Waals surface area contributed by atoms with Crippen molar-refractivity contribution in [2.75, 3.05) is 33.4 Å². The molecule has 1 fully saturated rings. The van der Waals surface area contributed by atoms with Gasteiger partial charge in [-0.2, -0.15) is 9.57 Å². The van der Waals surface area contributed by atoms with Gasteiger partial charge in [-0.3, -0.25) is 0 Å². The van der Waals surface area contributed by atoms with Crippen LogP contribution in [0.1, 0.15) is 16.7 Å². The van der Waals surface area contributed by atoms with E-state index in [0.717, 1.165) is 0 Å². The molecule has 0 saturated carbocycles. The lowest BCUT2D eigenvalue weighted by Gasteiger charge is -2.26. The molecule has 0 unspecified atom stereocenters. The van der Waals surface area contributed by atoms with Gasteiger partial charge in [-0.05, 0) is 29.8 Å². The highest BCUT2D eigenvalue weighted by atomic mass is 32.2. The molecule has 0 spiro atoms. The molecule has 3 rings (SSSR count). The number of carbonyl (C=O) groups is 1. The Hall–Kier alpha value is -3.19. The number of hydrogen-bond donors (Lipinski definition) is 0. The first-order chi connectivity index (χ1) is 15.0. The molecule has 31 heavy (non-hydrogen) atoms. The minimum atomic E-state index is -3.77. The van der Waals surface area contributed by atoms with Crippen LogP contribution in [0.25, 0.3) is 6.08 Å². The van der Waals surface area contributed by atoms with Crippen LogP contribution in [0.5, 0.6) is 5.75 Å². The van der Waals surface area contributed by atoms with Gasteiger partial charge in [0.1, 0.15) is 17.3 Å². The Morgan fingerprint density at radius 2 is 1.97 bits per heavy atom. The Kier molecular flexibility index (Phi) is 7.41. The average Bonchev–Trinajstić information content (AvgIpc) is 2.81. The van der Waals surface area contributed by atoms with Gasteiger partial charge in [-0.25, -0.2) is 13.2 Å². The Labute approximate surface area is 181 Å². The fourth-order valence-electron chi connectivity index (χ4n) is 3.04. The maximum atomic E-state index is 13.0. The van der Waals surface area contributed by atoms with Crippen LogP contribution in [0.4, 0.5) is 0 Å². The number of methoxy groups -OCH3 is 1. The summed E-state index contributed by atoms with van der Waals surface area (Å²) in [5, 5.41) is 9.09. The van der Waals surface area contributed by atoms with Crippen molar-refractivity contribution in [2.45, 2.75) is 11.5 Å². The van der Waals surface area contributed by atoms with Gasteiger partial charge in [-0.1, -0.05) is 24.3 Å². The summed E-state index contributed by atoms with van der Waals surface area (Å²) in [5.41, 5.74) is 1.55. The Bertz CT molecular complexity index is 1120. The molecular formula is C22H22N2O6S. The van der Waals surface area contributed by atoms with E-state index in [1.165, 1.54) is 29.6 Å². The first-order valence-corrected chi connectivity index (χ1v) is 11.0. The summed E-state index contributed by atoms with van der Waals surface area (Å²) in [4.78, 5) is 12.1. The van der Waals surface area contributed by atoms with Gasteiger partial charge in [-0.15, -0.1) is 0 Å². The monoisotopic (exact) mass is 442 g/mol. The Morgan fingerprint density at radius 1 is 1.23 bits per heavy atom. The predicted octanol–water partition coefficient (Wildman–Crippen LogP) is 2.34. The third-order valence-electron chi connectivity index (χ3n) is 4.70. The third-order valence-corrected chi connectivity index (χ3v) is 6.62. The molecule has 2 aromatic rings. The SMILES string of the molecule is COc1ccc(C=CC(=O)OCc2ccccc2C#N)cc1S(=O)(=O)N1CCOCC1. The molecule has 1 saturated heterocycles.